The second kappa shape index (κ2) is 6.90. The summed E-state index contributed by atoms with van der Waals surface area (Å²) in [4.78, 5) is 23.1. The highest BCUT2D eigenvalue weighted by Gasteiger charge is 2.23. The third kappa shape index (κ3) is 3.55. The van der Waals surface area contributed by atoms with Crippen LogP contribution in [0, 0.1) is 17.0 Å². The fraction of sp³-hybridized carbons (Fsp3) is 0.300. The Morgan fingerprint density at radius 1 is 1.37 bits per heavy atom. The second-order valence-electron chi connectivity index (χ2n) is 5.07. The summed E-state index contributed by atoms with van der Waals surface area (Å²) in [5.74, 6) is -1.37. The van der Waals surface area contributed by atoms with Gasteiger partial charge in [-0.2, -0.15) is 9.78 Å². The van der Waals surface area contributed by atoms with Crippen LogP contribution in [0.5, 0.6) is 0 Å². The summed E-state index contributed by atoms with van der Waals surface area (Å²) in [7, 11) is 0. The summed E-state index contributed by atoms with van der Waals surface area (Å²) in [6, 6.07) is 0. The smallest absolute Gasteiger partial charge is 0.390 e. The van der Waals surface area contributed by atoms with Crippen LogP contribution < -0.4 is 11.2 Å². The van der Waals surface area contributed by atoms with Crippen molar-refractivity contribution in [3.8, 4) is 5.82 Å². The molecular weight excluding hydrogens is 366 g/mol. The van der Waals surface area contributed by atoms with Crippen molar-refractivity contribution in [2.24, 2.45) is 5.10 Å². The standard InChI is InChI=1S/C10H11N13O4/c1-4(3-21-16-10(15-19-21)23(25)26)12-14-9(24)6-5(2)13-20-22(6)8-7(11)17-27-18-8/h3H2,1-2H3,(H2,11,17)(H,14,24)/b12-4+. The van der Waals surface area contributed by atoms with Crippen LogP contribution in [0.15, 0.2) is 9.73 Å². The molecule has 0 bridgehead atoms. The van der Waals surface area contributed by atoms with Gasteiger partial charge < -0.3 is 15.8 Å². The monoisotopic (exact) mass is 377 g/mol. The molecule has 0 atom stereocenters. The summed E-state index contributed by atoms with van der Waals surface area (Å²) in [6.07, 6.45) is 0. The highest BCUT2D eigenvalue weighted by atomic mass is 16.6. The Morgan fingerprint density at radius 2 is 2.15 bits per heavy atom. The van der Waals surface area contributed by atoms with Crippen molar-refractivity contribution in [3.63, 3.8) is 0 Å². The van der Waals surface area contributed by atoms with Gasteiger partial charge in [0.25, 0.3) is 5.91 Å². The van der Waals surface area contributed by atoms with Crippen LogP contribution in [0.4, 0.5) is 11.8 Å². The fourth-order valence-corrected chi connectivity index (χ4v) is 1.92. The quantitative estimate of drug-likeness (QED) is 0.277. The Kier molecular flexibility index (Phi) is 4.47. The summed E-state index contributed by atoms with van der Waals surface area (Å²) in [5, 5.41) is 39.2. The third-order valence-electron chi connectivity index (χ3n) is 3.07. The Balaban J connectivity index is 1.74. The number of amides is 1. The lowest BCUT2D eigenvalue weighted by Gasteiger charge is -2.03. The van der Waals surface area contributed by atoms with E-state index in [0.717, 1.165) is 9.48 Å². The maximum Gasteiger partial charge on any atom is 0.514 e. The van der Waals surface area contributed by atoms with E-state index in [2.05, 4.69) is 51.2 Å². The number of nitrogen functional groups attached to an aromatic ring is 1. The molecule has 0 radical (unpaired) electrons. The van der Waals surface area contributed by atoms with Crippen molar-refractivity contribution in [2.45, 2.75) is 20.4 Å². The van der Waals surface area contributed by atoms with E-state index in [1.54, 1.807) is 13.8 Å². The normalized spacial score (nSPS) is 11.6. The zero-order valence-corrected chi connectivity index (χ0v) is 13.8. The number of tetrazole rings is 1. The van der Waals surface area contributed by atoms with E-state index >= 15 is 0 Å². The van der Waals surface area contributed by atoms with Crippen LogP contribution in [0.3, 0.4) is 0 Å². The first-order valence-corrected chi connectivity index (χ1v) is 7.13. The number of nitrogens with two attached hydrogens (primary N) is 1. The molecule has 0 saturated carbocycles. The molecule has 0 aliphatic carbocycles. The van der Waals surface area contributed by atoms with Gasteiger partial charge in [0.2, 0.25) is 11.6 Å². The van der Waals surface area contributed by atoms with E-state index in [9.17, 15) is 14.9 Å². The zero-order valence-electron chi connectivity index (χ0n) is 13.8. The lowest BCUT2D eigenvalue weighted by Crippen LogP contribution is -2.24. The molecule has 3 aromatic heterocycles. The Bertz CT molecular complexity index is 1030. The highest BCUT2D eigenvalue weighted by Crippen LogP contribution is 2.14. The van der Waals surface area contributed by atoms with Crippen molar-refractivity contribution in [2.75, 3.05) is 5.73 Å². The van der Waals surface area contributed by atoms with Gasteiger partial charge in [-0.05, 0) is 29.1 Å². The SMILES string of the molecule is C/C(Cn1nnc([N+](=O)[O-])n1)=N\NC(=O)c1c(C)nnn1-c1nonc1N. The Labute approximate surface area is 148 Å². The molecule has 0 aliphatic rings. The molecule has 0 unspecified atom stereocenters. The van der Waals surface area contributed by atoms with E-state index in [1.807, 2.05) is 0 Å². The number of carbonyl (C=O) groups is 1. The topological polar surface area (TPSA) is 224 Å². The lowest BCUT2D eigenvalue weighted by atomic mass is 10.3. The van der Waals surface area contributed by atoms with Gasteiger partial charge in [-0.1, -0.05) is 10.0 Å². The van der Waals surface area contributed by atoms with Crippen LogP contribution in [0.25, 0.3) is 5.82 Å². The first-order chi connectivity index (χ1) is 12.9. The summed E-state index contributed by atoms with van der Waals surface area (Å²) in [5.41, 5.74) is 8.55. The molecule has 3 rings (SSSR count). The number of rotatable bonds is 6. The molecule has 0 fully saturated rings. The molecule has 0 spiro atoms. The molecule has 0 aliphatic heterocycles. The molecule has 0 saturated heterocycles. The molecular formula is C10H11N13O4. The number of anilines is 1. The van der Waals surface area contributed by atoms with Gasteiger partial charge in [0, 0.05) is 5.21 Å². The van der Waals surface area contributed by atoms with Crippen LogP contribution >= 0.6 is 0 Å². The predicted molar refractivity (Wildman–Crippen MR) is 83.4 cm³/mol. The third-order valence-corrected chi connectivity index (χ3v) is 3.07. The largest absolute Gasteiger partial charge is 0.514 e. The Hall–Kier alpha value is -4.31. The molecule has 17 nitrogen and oxygen atoms in total. The first kappa shape index (κ1) is 17.5. The average molecular weight is 377 g/mol. The summed E-state index contributed by atoms with van der Waals surface area (Å²) in [6.45, 7) is 3.08. The van der Waals surface area contributed by atoms with Crippen molar-refractivity contribution in [3.05, 3.63) is 21.5 Å². The fourth-order valence-electron chi connectivity index (χ4n) is 1.92. The molecule has 3 heterocycles. The molecule has 140 valence electrons. The second-order valence-corrected chi connectivity index (χ2v) is 5.07. The number of aryl methyl sites for hydroxylation is 1. The van der Waals surface area contributed by atoms with Gasteiger partial charge in [0.05, 0.1) is 21.6 Å². The highest BCUT2D eigenvalue weighted by molar-refractivity contribution is 5.95. The number of hydrogen-bond donors (Lipinski definition) is 2. The Morgan fingerprint density at radius 3 is 2.78 bits per heavy atom. The number of hydrazone groups is 1. The number of carbonyl (C=O) groups excluding carboxylic acids is 1. The predicted octanol–water partition coefficient (Wildman–Crippen LogP) is -1.76. The van der Waals surface area contributed by atoms with E-state index in [1.165, 1.54) is 0 Å². The zero-order chi connectivity index (χ0) is 19.6. The number of hydrogen-bond acceptors (Lipinski definition) is 13. The van der Waals surface area contributed by atoms with E-state index < -0.39 is 16.8 Å². The number of nitro groups is 1. The van der Waals surface area contributed by atoms with Crippen LogP contribution in [0.2, 0.25) is 0 Å². The first-order valence-electron chi connectivity index (χ1n) is 7.13. The van der Waals surface area contributed by atoms with Crippen molar-refractivity contribution < 1.29 is 14.3 Å². The number of nitrogens with zero attached hydrogens (tertiary/aromatic N) is 11. The molecule has 27 heavy (non-hydrogen) atoms. The molecule has 3 aromatic rings. The molecule has 0 aromatic carbocycles. The number of nitrogens with one attached hydrogen (secondary N) is 1. The summed E-state index contributed by atoms with van der Waals surface area (Å²) < 4.78 is 5.54. The minimum atomic E-state index is -0.779. The van der Waals surface area contributed by atoms with Gasteiger partial charge in [-0.3, -0.25) is 4.79 Å². The van der Waals surface area contributed by atoms with E-state index in [-0.39, 0.29) is 29.6 Å². The minimum absolute atomic E-state index is 0.000534. The van der Waals surface area contributed by atoms with Crippen LogP contribution in [-0.2, 0) is 6.54 Å². The van der Waals surface area contributed by atoms with Gasteiger partial charge >= 0.3 is 5.95 Å². The maximum absolute atomic E-state index is 12.4. The average Bonchev–Trinajstić information content (AvgIpc) is 3.33. The maximum atomic E-state index is 12.4. The summed E-state index contributed by atoms with van der Waals surface area (Å²) >= 11 is 0. The van der Waals surface area contributed by atoms with Crippen LogP contribution in [0.1, 0.15) is 23.1 Å². The lowest BCUT2D eigenvalue weighted by molar-refractivity contribution is -0.394. The molecule has 1 amide bonds. The van der Waals surface area contributed by atoms with E-state index in [0.29, 0.717) is 5.71 Å². The van der Waals surface area contributed by atoms with Crippen molar-refractivity contribution in [1.82, 2.24) is 50.9 Å². The van der Waals surface area contributed by atoms with E-state index in [4.69, 9.17) is 5.73 Å². The minimum Gasteiger partial charge on any atom is -0.390 e. The number of aromatic nitrogens is 9. The molecule has 17 heteroatoms. The van der Waals surface area contributed by atoms with Crippen molar-refractivity contribution in [1.29, 1.82) is 0 Å². The molecule has 3 N–H and O–H groups in total. The van der Waals surface area contributed by atoms with Gasteiger partial charge in [0.15, 0.2) is 5.69 Å². The van der Waals surface area contributed by atoms with Crippen molar-refractivity contribution >= 4 is 23.4 Å². The van der Waals surface area contributed by atoms with Crippen LogP contribution in [-0.4, -0.2) is 62.1 Å². The van der Waals surface area contributed by atoms with Gasteiger partial charge in [-0.25, -0.2) is 10.1 Å². The van der Waals surface area contributed by atoms with Gasteiger partial charge in [-0.15, -0.1) is 5.10 Å². The van der Waals surface area contributed by atoms with Gasteiger partial charge in [0.1, 0.15) is 6.54 Å².